The van der Waals surface area contributed by atoms with Crippen molar-refractivity contribution in [3.63, 3.8) is 0 Å². The normalized spacial score (nSPS) is 29.7. The molecule has 7 nitrogen and oxygen atoms in total. The van der Waals surface area contributed by atoms with Crippen LogP contribution in [0.15, 0.2) is 35.3 Å². The highest BCUT2D eigenvalue weighted by atomic mass is 32.2. The fourth-order valence-corrected chi connectivity index (χ4v) is 4.40. The molecule has 2 aliphatic rings. The van der Waals surface area contributed by atoms with Gasteiger partial charge in [0.1, 0.15) is 29.3 Å². The van der Waals surface area contributed by atoms with Crippen molar-refractivity contribution < 1.29 is 28.5 Å². The maximum atomic E-state index is 15.5. The Kier molecular flexibility index (Phi) is 7.06. The van der Waals surface area contributed by atoms with Crippen LogP contribution in [0.1, 0.15) is 33.3 Å². The second kappa shape index (κ2) is 9.21. The van der Waals surface area contributed by atoms with Crippen LogP contribution in [0.5, 0.6) is 0 Å². The van der Waals surface area contributed by atoms with Gasteiger partial charge in [0.2, 0.25) is 0 Å². The zero-order chi connectivity index (χ0) is 22.1. The number of aliphatic hydroxyl groups excluding tert-OH is 1. The molecule has 0 aliphatic carbocycles. The monoisotopic (exact) mass is 440 g/mol. The van der Waals surface area contributed by atoms with Crippen LogP contribution >= 0.6 is 11.8 Å². The lowest BCUT2D eigenvalue weighted by Gasteiger charge is -2.40. The van der Waals surface area contributed by atoms with Gasteiger partial charge in [-0.15, -0.1) is 0 Å². The maximum Gasteiger partial charge on any atom is 0.416 e. The standard InChI is InChI=1S/C21H29FN2O5S/c1-12(25)16-17(27-11-13-9-7-6-8-10-13)14(22)15-18(28-16)30-19(23-15)24(5)20(26)29-21(2,3)4/h6-10,12,14-18,25H,11H2,1-5H3/t12-,14-,15-,16-,17-,18-/m1/s1. The first-order valence-electron chi connectivity index (χ1n) is 9.91. The van der Waals surface area contributed by atoms with Crippen LogP contribution in [0.25, 0.3) is 0 Å². The molecule has 1 N–H and O–H groups in total. The third-order valence-corrected chi connectivity index (χ3v) is 5.94. The molecule has 1 fully saturated rings. The molecule has 1 aromatic carbocycles. The number of carbonyl (C=O) groups excluding carboxylic acids is 1. The minimum absolute atomic E-state index is 0.192. The predicted molar refractivity (Wildman–Crippen MR) is 113 cm³/mol. The van der Waals surface area contributed by atoms with E-state index in [1.165, 1.54) is 11.9 Å². The van der Waals surface area contributed by atoms with Crippen LogP contribution in [-0.4, -0.2) is 69.9 Å². The molecule has 2 aliphatic heterocycles. The molecule has 0 unspecified atom stereocenters. The minimum atomic E-state index is -1.50. The summed E-state index contributed by atoms with van der Waals surface area (Å²) < 4.78 is 32.6. The van der Waals surface area contributed by atoms with Crippen molar-refractivity contribution in [3.8, 4) is 0 Å². The summed E-state index contributed by atoms with van der Waals surface area (Å²) in [6, 6.07) is 8.57. The summed E-state index contributed by atoms with van der Waals surface area (Å²) in [7, 11) is 1.53. The van der Waals surface area contributed by atoms with E-state index < -0.39 is 47.7 Å². The molecule has 0 spiro atoms. The number of halogens is 1. The number of alkyl halides is 1. The average Bonchev–Trinajstić information content (AvgIpc) is 3.10. The molecule has 0 aromatic heterocycles. The van der Waals surface area contributed by atoms with E-state index in [0.717, 1.165) is 17.3 Å². The van der Waals surface area contributed by atoms with E-state index in [1.54, 1.807) is 27.7 Å². The van der Waals surface area contributed by atoms with Crippen molar-refractivity contribution >= 4 is 23.0 Å². The van der Waals surface area contributed by atoms with Gasteiger partial charge in [0, 0.05) is 7.05 Å². The van der Waals surface area contributed by atoms with Crippen molar-refractivity contribution in [2.24, 2.45) is 4.99 Å². The van der Waals surface area contributed by atoms with Gasteiger partial charge >= 0.3 is 6.09 Å². The fourth-order valence-electron chi connectivity index (χ4n) is 3.25. The molecule has 30 heavy (non-hydrogen) atoms. The first-order valence-corrected chi connectivity index (χ1v) is 10.8. The van der Waals surface area contributed by atoms with Crippen LogP contribution in [0, 0.1) is 0 Å². The first-order chi connectivity index (χ1) is 14.1. The van der Waals surface area contributed by atoms with Crippen LogP contribution in [0.4, 0.5) is 9.18 Å². The van der Waals surface area contributed by atoms with Gasteiger partial charge in [0.05, 0.1) is 12.7 Å². The summed E-state index contributed by atoms with van der Waals surface area (Å²) in [4.78, 5) is 18.0. The molecule has 0 radical (unpaired) electrons. The maximum absolute atomic E-state index is 15.5. The van der Waals surface area contributed by atoms with Crippen LogP contribution < -0.4 is 0 Å². The van der Waals surface area contributed by atoms with Gasteiger partial charge in [-0.05, 0) is 33.3 Å². The van der Waals surface area contributed by atoms with Gasteiger partial charge in [-0.2, -0.15) is 0 Å². The number of aliphatic hydroxyl groups is 1. The second-order valence-corrected chi connectivity index (χ2v) is 9.54. The van der Waals surface area contributed by atoms with Crippen LogP contribution in [-0.2, 0) is 20.8 Å². The Morgan fingerprint density at radius 3 is 2.63 bits per heavy atom. The largest absolute Gasteiger partial charge is 0.443 e. The number of hydrogen-bond acceptors (Lipinski definition) is 7. The Morgan fingerprint density at radius 1 is 1.37 bits per heavy atom. The Bertz CT molecular complexity index is 770. The summed E-state index contributed by atoms with van der Waals surface area (Å²) in [6.07, 6.45) is -4.84. The zero-order valence-corrected chi connectivity index (χ0v) is 18.6. The topological polar surface area (TPSA) is 80.6 Å². The van der Waals surface area contributed by atoms with E-state index in [2.05, 4.69) is 4.99 Å². The zero-order valence-electron chi connectivity index (χ0n) is 17.8. The summed E-state index contributed by atoms with van der Waals surface area (Å²) in [5, 5.41) is 10.5. The van der Waals surface area contributed by atoms with E-state index in [0.29, 0.717) is 5.17 Å². The van der Waals surface area contributed by atoms with Crippen molar-refractivity contribution in [2.45, 2.75) is 75.9 Å². The van der Waals surface area contributed by atoms with Gasteiger partial charge in [-0.1, -0.05) is 42.1 Å². The number of nitrogens with zero attached hydrogens (tertiary/aromatic N) is 2. The number of aliphatic imine (C=N–C) groups is 1. The molecule has 1 amide bonds. The fraction of sp³-hybridized carbons (Fsp3) is 0.619. The SMILES string of the molecule is C[C@@H](O)[C@H]1O[C@@H]2SC(N(C)C(=O)OC(C)(C)C)=N[C@@H]2[C@@H](F)[C@H]1OCc1ccccc1. The number of amidine groups is 1. The molecule has 1 saturated heterocycles. The number of thioether (sulfide) groups is 1. The van der Waals surface area contributed by atoms with Crippen LogP contribution in [0.3, 0.4) is 0 Å². The number of fused-ring (bicyclic) bond motifs is 1. The molecule has 6 atom stereocenters. The van der Waals surface area contributed by atoms with Gasteiger partial charge in [0.15, 0.2) is 11.3 Å². The van der Waals surface area contributed by atoms with Crippen molar-refractivity contribution in [2.75, 3.05) is 7.05 Å². The molecule has 166 valence electrons. The number of benzene rings is 1. The molecule has 3 rings (SSSR count). The number of rotatable bonds is 4. The van der Waals surface area contributed by atoms with Crippen molar-refractivity contribution in [1.29, 1.82) is 0 Å². The average molecular weight is 441 g/mol. The number of amides is 1. The first kappa shape index (κ1) is 23.0. The molecular formula is C21H29FN2O5S. The number of hydrogen-bond donors (Lipinski definition) is 1. The molecule has 1 aromatic rings. The molecule has 0 saturated carbocycles. The quantitative estimate of drug-likeness (QED) is 0.773. The van der Waals surface area contributed by atoms with Gasteiger partial charge in [-0.3, -0.25) is 9.89 Å². The summed E-state index contributed by atoms with van der Waals surface area (Å²) >= 11 is 1.14. The summed E-state index contributed by atoms with van der Waals surface area (Å²) in [6.45, 7) is 7.04. The van der Waals surface area contributed by atoms with Crippen LogP contribution in [0.2, 0.25) is 0 Å². The highest BCUT2D eigenvalue weighted by Crippen LogP contribution is 2.40. The third kappa shape index (κ3) is 5.32. The third-order valence-electron chi connectivity index (χ3n) is 4.73. The highest BCUT2D eigenvalue weighted by molar-refractivity contribution is 8.14. The molecule has 9 heteroatoms. The van der Waals surface area contributed by atoms with E-state index >= 15 is 4.39 Å². The second-order valence-electron chi connectivity index (χ2n) is 8.47. The number of carbonyl (C=O) groups is 1. The Labute approximate surface area is 180 Å². The highest BCUT2D eigenvalue weighted by Gasteiger charge is 2.52. The lowest BCUT2D eigenvalue weighted by Crippen LogP contribution is -2.57. The Morgan fingerprint density at radius 2 is 2.03 bits per heavy atom. The van der Waals surface area contributed by atoms with Crippen molar-refractivity contribution in [1.82, 2.24) is 4.90 Å². The molecular weight excluding hydrogens is 411 g/mol. The van der Waals surface area contributed by atoms with E-state index in [1.807, 2.05) is 30.3 Å². The lowest BCUT2D eigenvalue weighted by atomic mass is 9.96. The van der Waals surface area contributed by atoms with Gasteiger partial charge in [-0.25, -0.2) is 9.18 Å². The minimum Gasteiger partial charge on any atom is -0.443 e. The molecule has 2 heterocycles. The Hall–Kier alpha value is -1.68. The van der Waals surface area contributed by atoms with Gasteiger partial charge < -0.3 is 19.3 Å². The predicted octanol–water partition coefficient (Wildman–Crippen LogP) is 3.35. The van der Waals surface area contributed by atoms with E-state index in [4.69, 9.17) is 14.2 Å². The van der Waals surface area contributed by atoms with Crippen molar-refractivity contribution in [3.05, 3.63) is 35.9 Å². The van der Waals surface area contributed by atoms with Gasteiger partial charge in [0.25, 0.3) is 0 Å². The summed E-state index contributed by atoms with van der Waals surface area (Å²) in [5.74, 6) is 0. The van der Waals surface area contributed by atoms with E-state index in [-0.39, 0.29) is 6.61 Å². The lowest BCUT2D eigenvalue weighted by molar-refractivity contribution is -0.188. The number of ether oxygens (including phenoxy) is 3. The molecule has 0 bridgehead atoms. The Balaban J connectivity index is 1.73. The summed E-state index contributed by atoms with van der Waals surface area (Å²) in [5.41, 5.74) is -0.420. The smallest absolute Gasteiger partial charge is 0.416 e. The van der Waals surface area contributed by atoms with E-state index in [9.17, 15) is 9.90 Å².